The predicted octanol–water partition coefficient (Wildman–Crippen LogP) is 3.84. The van der Waals surface area contributed by atoms with Gasteiger partial charge in [-0.2, -0.15) is 0 Å². The number of ether oxygens (including phenoxy) is 1. The maximum absolute atomic E-state index is 12.4. The highest BCUT2D eigenvalue weighted by Gasteiger charge is 2.27. The van der Waals surface area contributed by atoms with E-state index in [0.29, 0.717) is 13.2 Å². The molecule has 3 rings (SSSR count). The summed E-state index contributed by atoms with van der Waals surface area (Å²) in [7, 11) is 0. The van der Waals surface area contributed by atoms with Crippen LogP contribution >= 0.6 is 15.9 Å². The number of benzene rings is 1. The molecule has 1 aromatic carbocycles. The van der Waals surface area contributed by atoms with Gasteiger partial charge in [0.1, 0.15) is 0 Å². The first-order chi connectivity index (χ1) is 10.6. The van der Waals surface area contributed by atoms with Crippen LogP contribution in [0, 0.1) is 6.92 Å². The number of rotatable bonds is 2. The number of aromatic nitrogens is 1. The van der Waals surface area contributed by atoms with Gasteiger partial charge in [-0.1, -0.05) is 15.9 Å². The van der Waals surface area contributed by atoms with Crippen molar-refractivity contribution in [1.82, 2.24) is 4.98 Å². The predicted molar refractivity (Wildman–Crippen MR) is 91.2 cm³/mol. The number of hydrogen-bond donors (Lipinski definition) is 0. The van der Waals surface area contributed by atoms with Gasteiger partial charge in [0.05, 0.1) is 11.2 Å². The van der Waals surface area contributed by atoms with Crippen molar-refractivity contribution in [2.24, 2.45) is 0 Å². The van der Waals surface area contributed by atoms with Crippen molar-refractivity contribution < 1.29 is 9.53 Å². The number of hydrogen-bond acceptors (Lipinski definition) is 3. The normalized spacial score (nSPS) is 16.0. The summed E-state index contributed by atoms with van der Waals surface area (Å²) >= 11 is 3.52. The quantitative estimate of drug-likeness (QED) is 0.814. The molecule has 1 saturated heterocycles. The van der Waals surface area contributed by atoms with Crippen molar-refractivity contribution in [2.45, 2.75) is 32.7 Å². The van der Waals surface area contributed by atoms with Crippen LogP contribution in [0.1, 0.15) is 25.3 Å². The van der Waals surface area contributed by atoms with Gasteiger partial charge < -0.3 is 9.64 Å². The Morgan fingerprint density at radius 3 is 2.77 bits per heavy atom. The minimum absolute atomic E-state index is 0.0717. The molecule has 1 aromatic heterocycles. The second-order valence-electron chi connectivity index (χ2n) is 5.68. The topological polar surface area (TPSA) is 42.4 Å². The zero-order valence-corrected chi connectivity index (χ0v) is 14.4. The van der Waals surface area contributed by atoms with Gasteiger partial charge in [0, 0.05) is 42.2 Å². The van der Waals surface area contributed by atoms with Crippen molar-refractivity contribution in [1.29, 1.82) is 0 Å². The average molecular weight is 363 g/mol. The van der Waals surface area contributed by atoms with E-state index < -0.39 is 0 Å². The zero-order valence-electron chi connectivity index (χ0n) is 12.8. The molecule has 0 saturated carbocycles. The molecule has 1 aliphatic rings. The van der Waals surface area contributed by atoms with Gasteiger partial charge >= 0.3 is 0 Å². The van der Waals surface area contributed by atoms with E-state index >= 15 is 0 Å². The number of pyridine rings is 1. The van der Waals surface area contributed by atoms with Crippen molar-refractivity contribution >= 4 is 38.4 Å². The summed E-state index contributed by atoms with van der Waals surface area (Å²) in [6.45, 7) is 5.07. The molecule has 5 heteroatoms. The third-order valence-electron chi connectivity index (χ3n) is 4.12. The fraction of sp³-hybridized carbons (Fsp3) is 0.412. The third kappa shape index (κ3) is 2.88. The fourth-order valence-corrected chi connectivity index (χ4v) is 3.47. The molecule has 0 radical (unpaired) electrons. The van der Waals surface area contributed by atoms with Gasteiger partial charge in [0.2, 0.25) is 5.91 Å². The third-order valence-corrected chi connectivity index (χ3v) is 4.61. The average Bonchev–Trinajstić information content (AvgIpc) is 2.51. The Kier molecular flexibility index (Phi) is 4.45. The maximum atomic E-state index is 12.4. The van der Waals surface area contributed by atoms with Gasteiger partial charge in [0.25, 0.3) is 0 Å². The van der Waals surface area contributed by atoms with Crippen LogP contribution in [0.3, 0.4) is 0 Å². The summed E-state index contributed by atoms with van der Waals surface area (Å²) in [6, 6.07) is 6.18. The number of fused-ring (bicyclic) bond motifs is 1. The fourth-order valence-electron chi connectivity index (χ4n) is 3.11. The van der Waals surface area contributed by atoms with Crippen LogP contribution in [0.5, 0.6) is 0 Å². The van der Waals surface area contributed by atoms with E-state index in [1.165, 1.54) is 0 Å². The van der Waals surface area contributed by atoms with Gasteiger partial charge in [-0.3, -0.25) is 9.78 Å². The lowest BCUT2D eigenvalue weighted by molar-refractivity contribution is -0.117. The summed E-state index contributed by atoms with van der Waals surface area (Å²) in [5.74, 6) is 0.0717. The van der Waals surface area contributed by atoms with E-state index in [2.05, 4.69) is 20.9 Å². The van der Waals surface area contributed by atoms with Crippen LogP contribution in [0.15, 0.2) is 28.9 Å². The Balaban J connectivity index is 2.18. The van der Waals surface area contributed by atoms with Crippen LogP contribution in [-0.2, 0) is 9.53 Å². The first-order valence-corrected chi connectivity index (χ1v) is 8.29. The molecule has 2 heterocycles. The van der Waals surface area contributed by atoms with Crippen molar-refractivity contribution in [3.05, 3.63) is 34.4 Å². The highest BCUT2D eigenvalue weighted by molar-refractivity contribution is 9.10. The molecule has 1 fully saturated rings. The molecule has 0 N–H and O–H groups in total. The summed E-state index contributed by atoms with van der Waals surface area (Å²) in [5.41, 5.74) is 2.90. The molecule has 0 spiro atoms. The molecule has 22 heavy (non-hydrogen) atoms. The first kappa shape index (κ1) is 15.4. The van der Waals surface area contributed by atoms with Crippen molar-refractivity contribution in [3.8, 4) is 0 Å². The first-order valence-electron chi connectivity index (χ1n) is 7.50. The minimum Gasteiger partial charge on any atom is -0.381 e. The van der Waals surface area contributed by atoms with Crippen LogP contribution in [0.2, 0.25) is 0 Å². The van der Waals surface area contributed by atoms with Gasteiger partial charge in [-0.05, 0) is 43.5 Å². The number of anilines is 1. The van der Waals surface area contributed by atoms with E-state index in [9.17, 15) is 4.79 Å². The Hall–Kier alpha value is -1.46. The number of carbonyl (C=O) groups is 1. The monoisotopic (exact) mass is 362 g/mol. The van der Waals surface area contributed by atoms with E-state index in [1.54, 1.807) is 6.92 Å². The lowest BCUT2D eigenvalue weighted by atomic mass is 10.0. The Morgan fingerprint density at radius 2 is 2.09 bits per heavy atom. The standard InChI is InChI=1S/C17H19BrN2O2/c1-11-10-19-16-4-3-13(18)9-15(16)17(11)20(12(2)21)14-5-7-22-8-6-14/h3-4,9-10,14H,5-8H2,1-2H3. The van der Waals surface area contributed by atoms with Gasteiger partial charge in [-0.15, -0.1) is 0 Å². The smallest absolute Gasteiger partial charge is 0.224 e. The molecule has 0 bridgehead atoms. The lowest BCUT2D eigenvalue weighted by Crippen LogP contribution is -2.43. The zero-order chi connectivity index (χ0) is 15.7. The second-order valence-corrected chi connectivity index (χ2v) is 6.60. The molecule has 1 amide bonds. The van der Waals surface area contributed by atoms with E-state index in [0.717, 1.165) is 39.5 Å². The van der Waals surface area contributed by atoms with E-state index in [4.69, 9.17) is 4.74 Å². The molecular formula is C17H19BrN2O2. The Morgan fingerprint density at radius 1 is 1.36 bits per heavy atom. The van der Waals surface area contributed by atoms with Crippen molar-refractivity contribution in [3.63, 3.8) is 0 Å². The minimum atomic E-state index is 0.0717. The van der Waals surface area contributed by atoms with Crippen LogP contribution in [-0.4, -0.2) is 30.1 Å². The molecule has 0 aliphatic carbocycles. The molecule has 4 nitrogen and oxygen atoms in total. The largest absolute Gasteiger partial charge is 0.381 e. The molecule has 2 aromatic rings. The number of aryl methyl sites for hydroxylation is 1. The maximum Gasteiger partial charge on any atom is 0.224 e. The summed E-state index contributed by atoms with van der Waals surface area (Å²) in [4.78, 5) is 18.8. The number of nitrogens with zero attached hydrogens (tertiary/aromatic N) is 2. The van der Waals surface area contributed by atoms with Gasteiger partial charge in [0.15, 0.2) is 0 Å². The summed E-state index contributed by atoms with van der Waals surface area (Å²) < 4.78 is 6.43. The molecule has 116 valence electrons. The Labute approximate surface area is 138 Å². The number of halogens is 1. The number of amides is 1. The van der Waals surface area contributed by atoms with Crippen LogP contribution < -0.4 is 4.90 Å². The number of carbonyl (C=O) groups excluding carboxylic acids is 1. The summed E-state index contributed by atoms with van der Waals surface area (Å²) in [5, 5.41) is 1.01. The molecular weight excluding hydrogens is 344 g/mol. The Bertz CT molecular complexity index is 706. The molecule has 1 aliphatic heterocycles. The van der Waals surface area contributed by atoms with Crippen LogP contribution in [0.4, 0.5) is 5.69 Å². The highest BCUT2D eigenvalue weighted by Crippen LogP contribution is 2.34. The van der Waals surface area contributed by atoms with Gasteiger partial charge in [-0.25, -0.2) is 0 Å². The summed E-state index contributed by atoms with van der Waals surface area (Å²) in [6.07, 6.45) is 3.59. The SMILES string of the molecule is CC(=O)N(c1c(C)cnc2ccc(Br)cc12)C1CCOCC1. The molecule has 0 unspecified atom stereocenters. The molecule has 0 atom stereocenters. The van der Waals surface area contributed by atoms with Crippen molar-refractivity contribution in [2.75, 3.05) is 18.1 Å². The highest BCUT2D eigenvalue weighted by atomic mass is 79.9. The lowest BCUT2D eigenvalue weighted by Gasteiger charge is -2.35. The van der Waals surface area contributed by atoms with E-state index in [-0.39, 0.29) is 11.9 Å². The second kappa shape index (κ2) is 6.34. The van der Waals surface area contributed by atoms with Crippen LogP contribution in [0.25, 0.3) is 10.9 Å². The van der Waals surface area contributed by atoms with E-state index in [1.807, 2.05) is 36.2 Å².